The van der Waals surface area contributed by atoms with E-state index in [1.807, 2.05) is 36.8 Å². The molecule has 53 heavy (non-hydrogen) atoms. The van der Waals surface area contributed by atoms with Crippen molar-refractivity contribution in [3.63, 3.8) is 0 Å². The predicted molar refractivity (Wildman–Crippen MR) is 214 cm³/mol. The average Bonchev–Trinajstić information content (AvgIpc) is 3.67. The van der Waals surface area contributed by atoms with Gasteiger partial charge in [0, 0.05) is 75.9 Å². The molecule has 4 aromatic rings. The number of ether oxygens (including phenoxy) is 2. The highest BCUT2D eigenvalue weighted by Gasteiger charge is 2.46. The van der Waals surface area contributed by atoms with Gasteiger partial charge >= 0.3 is 6.09 Å². The molecule has 2 saturated heterocycles. The molecule has 0 aromatic carbocycles. The van der Waals surface area contributed by atoms with E-state index in [0.29, 0.717) is 32.6 Å². The molecule has 2 atom stereocenters. The summed E-state index contributed by atoms with van der Waals surface area (Å²) in [6, 6.07) is 6.28. The Morgan fingerprint density at radius 1 is 0.906 bits per heavy atom. The lowest BCUT2D eigenvalue weighted by Gasteiger charge is -2.38. The molecule has 6 heterocycles. The number of nitrogens with one attached hydrogen (secondary N) is 1. The Morgan fingerprint density at radius 2 is 1.55 bits per heavy atom. The van der Waals surface area contributed by atoms with Crippen molar-refractivity contribution < 1.29 is 19.4 Å². The van der Waals surface area contributed by atoms with Gasteiger partial charge in [0.2, 0.25) is 0 Å². The number of carbonyl (C=O) groups is 1. The Hall–Kier alpha value is -3.60. The maximum Gasteiger partial charge on any atom is 0.407 e. The molecule has 2 N–H and O–H groups in total. The maximum absolute atomic E-state index is 12.3. The molecule has 1 aliphatic carbocycles. The molecule has 2 aliphatic heterocycles. The van der Waals surface area contributed by atoms with Crippen LogP contribution in [-0.4, -0.2) is 101 Å². The first-order valence-electron chi connectivity index (χ1n) is 19.5. The van der Waals surface area contributed by atoms with Crippen LogP contribution in [0.2, 0.25) is 51.4 Å². The normalized spacial score (nSPS) is 20.5. The summed E-state index contributed by atoms with van der Waals surface area (Å²) in [5.41, 5.74) is 7.73. The number of aromatic nitrogens is 6. The molecule has 12 nitrogen and oxygen atoms in total. The van der Waals surface area contributed by atoms with Crippen molar-refractivity contribution >= 4 is 33.7 Å². The van der Waals surface area contributed by atoms with Crippen LogP contribution in [0.5, 0.6) is 0 Å². The van der Waals surface area contributed by atoms with Crippen LogP contribution in [-0.2, 0) is 9.47 Å². The minimum atomic E-state index is -1.29. The van der Waals surface area contributed by atoms with E-state index in [0.717, 1.165) is 102 Å². The van der Waals surface area contributed by atoms with Crippen LogP contribution in [0.25, 0.3) is 28.3 Å². The van der Waals surface area contributed by atoms with E-state index in [9.17, 15) is 9.90 Å². The summed E-state index contributed by atoms with van der Waals surface area (Å²) >= 11 is 0. The minimum Gasteiger partial charge on any atom is -0.465 e. The van der Waals surface area contributed by atoms with E-state index < -0.39 is 22.2 Å². The Balaban J connectivity index is 1.32. The van der Waals surface area contributed by atoms with E-state index in [2.05, 4.69) is 60.2 Å². The SMILES string of the molecule is Cc1nc(-c2ccc(-c3cnn4c(N(COCC[Si](C)(C)C)COCC[Si](C)(C)C)c(C5CC5)c(C5CC6CCC(C5)N6C(=O)O)nc34)cn2)[nH]c1C. The largest absolute Gasteiger partial charge is 0.465 e. The predicted octanol–water partition coefficient (Wildman–Crippen LogP) is 8.50. The highest BCUT2D eigenvalue weighted by molar-refractivity contribution is 6.76. The lowest BCUT2D eigenvalue weighted by Crippen LogP contribution is -2.45. The minimum absolute atomic E-state index is 0.0191. The fourth-order valence-corrected chi connectivity index (χ4v) is 9.44. The first-order valence-corrected chi connectivity index (χ1v) is 26.9. The Kier molecular flexibility index (Phi) is 10.6. The van der Waals surface area contributed by atoms with Crippen LogP contribution < -0.4 is 4.90 Å². The molecule has 0 radical (unpaired) electrons. The van der Waals surface area contributed by atoms with Gasteiger partial charge in [-0.2, -0.15) is 9.61 Å². The van der Waals surface area contributed by atoms with Crippen LogP contribution in [0.1, 0.15) is 73.0 Å². The van der Waals surface area contributed by atoms with Crippen LogP contribution in [0.3, 0.4) is 0 Å². The smallest absolute Gasteiger partial charge is 0.407 e. The van der Waals surface area contributed by atoms with Gasteiger partial charge in [0.1, 0.15) is 25.0 Å². The first kappa shape index (κ1) is 37.7. The molecular weight excluding hydrogens is 701 g/mol. The number of carboxylic acid groups (broad SMARTS) is 1. The third-order valence-corrected chi connectivity index (χ3v) is 14.7. The molecule has 1 amide bonds. The number of piperidine rings is 1. The lowest BCUT2D eigenvalue weighted by molar-refractivity contribution is 0.0931. The average molecular weight is 759 g/mol. The number of H-pyrrole nitrogens is 1. The fraction of sp³-hybridized carbons (Fsp3) is 0.615. The second kappa shape index (κ2) is 14.9. The van der Waals surface area contributed by atoms with E-state index in [-0.39, 0.29) is 18.0 Å². The molecule has 7 rings (SSSR count). The number of fused-ring (bicyclic) bond motifs is 3. The van der Waals surface area contributed by atoms with Gasteiger partial charge in [0.05, 0.1) is 17.6 Å². The van der Waals surface area contributed by atoms with E-state index in [1.54, 1.807) is 4.90 Å². The van der Waals surface area contributed by atoms with Gasteiger partial charge in [-0.15, -0.1) is 0 Å². The quantitative estimate of drug-likeness (QED) is 0.0696. The van der Waals surface area contributed by atoms with Gasteiger partial charge in [-0.3, -0.25) is 4.98 Å². The topological polar surface area (TPSA) is 134 Å². The van der Waals surface area contributed by atoms with Crippen molar-refractivity contribution in [1.82, 2.24) is 34.4 Å². The second-order valence-electron chi connectivity index (χ2n) is 18.0. The van der Waals surface area contributed by atoms with Crippen LogP contribution in [0.4, 0.5) is 10.6 Å². The van der Waals surface area contributed by atoms with Crippen LogP contribution in [0, 0.1) is 13.8 Å². The standard InChI is InChI=1S/C39H58N8O4Si2/c1-25-26(2)43-36(42-25)33-14-11-28(21-40-33)32-22-41-47-37(32)44-35(29-19-30-12-13-31(20-29)46(30)39(48)49)34(27-9-10-27)38(47)45(23-50-15-17-52(3,4)5)24-51-16-18-53(6,7)8/h11,14,21-22,27,29-31H,9-10,12-13,15-20,23-24H2,1-8H3,(H,42,43)(H,48,49). The summed E-state index contributed by atoms with van der Waals surface area (Å²) in [4.78, 5) is 34.6. The lowest BCUT2D eigenvalue weighted by atomic mass is 9.85. The molecular formula is C39H58N8O4Si2. The summed E-state index contributed by atoms with van der Waals surface area (Å²) in [6.45, 7) is 20.5. The number of hydrogen-bond donors (Lipinski definition) is 2. The van der Waals surface area contributed by atoms with E-state index >= 15 is 0 Å². The third kappa shape index (κ3) is 8.40. The van der Waals surface area contributed by atoms with E-state index in [4.69, 9.17) is 24.5 Å². The zero-order valence-corrected chi connectivity index (χ0v) is 34.9. The number of anilines is 1. The molecule has 2 unspecified atom stereocenters. The summed E-state index contributed by atoms with van der Waals surface area (Å²) in [7, 11) is -2.59. The third-order valence-electron chi connectivity index (χ3n) is 11.2. The molecule has 0 spiro atoms. The molecule has 14 heteroatoms. The number of pyridine rings is 1. The molecule has 2 bridgehead atoms. The van der Waals surface area contributed by atoms with Crippen molar-refractivity contribution in [3.8, 4) is 22.6 Å². The fourth-order valence-electron chi connectivity index (χ4n) is 7.93. The maximum atomic E-state index is 12.3. The van der Waals surface area contributed by atoms with Crippen molar-refractivity contribution in [2.75, 3.05) is 31.6 Å². The molecule has 286 valence electrons. The van der Waals surface area contributed by atoms with E-state index in [1.165, 1.54) is 5.56 Å². The monoisotopic (exact) mass is 758 g/mol. The van der Waals surface area contributed by atoms with Gasteiger partial charge in [-0.05, 0) is 76.4 Å². The zero-order valence-electron chi connectivity index (χ0n) is 32.9. The molecule has 1 saturated carbocycles. The first-order chi connectivity index (χ1) is 25.2. The summed E-state index contributed by atoms with van der Waals surface area (Å²) in [5.74, 6) is 2.27. The number of hydrogen-bond acceptors (Lipinski definition) is 8. The van der Waals surface area contributed by atoms with Gasteiger partial charge < -0.3 is 29.4 Å². The number of rotatable bonds is 15. The van der Waals surface area contributed by atoms with Crippen molar-refractivity contribution in [3.05, 3.63) is 47.2 Å². The highest BCUT2D eigenvalue weighted by atomic mass is 28.3. The number of aryl methyl sites for hydroxylation is 2. The van der Waals surface area contributed by atoms with Gasteiger partial charge in [0.15, 0.2) is 11.5 Å². The van der Waals surface area contributed by atoms with Gasteiger partial charge in [-0.1, -0.05) is 45.3 Å². The van der Waals surface area contributed by atoms with Crippen molar-refractivity contribution in [1.29, 1.82) is 0 Å². The van der Waals surface area contributed by atoms with Gasteiger partial charge in [0.25, 0.3) is 0 Å². The molecule has 3 fully saturated rings. The van der Waals surface area contributed by atoms with Crippen molar-refractivity contribution in [2.24, 2.45) is 0 Å². The number of aromatic amines is 1. The summed E-state index contributed by atoms with van der Waals surface area (Å²) in [5, 5.41) is 15.2. The van der Waals surface area contributed by atoms with Gasteiger partial charge in [-0.25, -0.2) is 14.8 Å². The summed E-state index contributed by atoms with van der Waals surface area (Å²) < 4.78 is 15.0. The van der Waals surface area contributed by atoms with Crippen LogP contribution >= 0.6 is 0 Å². The Morgan fingerprint density at radius 3 is 2.06 bits per heavy atom. The summed E-state index contributed by atoms with van der Waals surface area (Å²) in [6.07, 6.45) is 8.59. The Labute approximate surface area is 315 Å². The number of imidazole rings is 1. The van der Waals surface area contributed by atoms with Crippen LogP contribution in [0.15, 0.2) is 24.5 Å². The Bertz CT molecular complexity index is 1870. The molecule has 3 aliphatic rings. The number of amides is 1. The number of nitrogens with zero attached hydrogens (tertiary/aromatic N) is 7. The zero-order chi connectivity index (χ0) is 37.7. The van der Waals surface area contributed by atoms with Crippen molar-refractivity contribution in [2.45, 2.75) is 128 Å². The second-order valence-corrected chi connectivity index (χ2v) is 29.3. The highest BCUT2D eigenvalue weighted by Crippen LogP contribution is 2.51. The molecule has 4 aromatic heterocycles.